The highest BCUT2D eigenvalue weighted by molar-refractivity contribution is 6.06. The van der Waals surface area contributed by atoms with Gasteiger partial charge in [-0.05, 0) is 79.1 Å². The van der Waals surface area contributed by atoms with Crippen LogP contribution in [0.3, 0.4) is 0 Å². The van der Waals surface area contributed by atoms with Crippen LogP contribution >= 0.6 is 0 Å². The Balaban J connectivity index is 1.29. The zero-order chi connectivity index (χ0) is 27.5. The standard InChI is InChI=1S/C30H30N6O3/c1-17-5-6-18(2)32-28(17)33-29(39)24-14-30(4)15-25(30)36(24)26(38)16-35-23-8-7-21(20-9-11-31-12-10-20)13-22(23)27(34-35)19(3)37/h5-13,24-25H,14-16H2,1-4H3,(H,32,33,39)/t24-,25+,30-/m0/s1. The second kappa shape index (κ2) is 9.11. The fourth-order valence-electron chi connectivity index (χ4n) is 5.81. The van der Waals surface area contributed by atoms with Gasteiger partial charge in [0.25, 0.3) is 0 Å². The number of hydrogen-bond donors (Lipinski definition) is 1. The molecule has 0 radical (unpaired) electrons. The summed E-state index contributed by atoms with van der Waals surface area (Å²) in [6, 6.07) is 12.8. The highest BCUT2D eigenvalue weighted by Crippen LogP contribution is 2.59. The number of anilines is 1. The van der Waals surface area contributed by atoms with Gasteiger partial charge in [0, 0.05) is 36.4 Å². The van der Waals surface area contributed by atoms with Crippen molar-refractivity contribution in [2.45, 2.75) is 59.2 Å². The molecule has 4 aromatic rings. The van der Waals surface area contributed by atoms with Crippen LogP contribution in [-0.2, 0) is 16.1 Å². The van der Waals surface area contributed by atoms with Crippen molar-refractivity contribution in [3.63, 3.8) is 0 Å². The van der Waals surface area contributed by atoms with Crippen molar-refractivity contribution in [3.8, 4) is 11.1 Å². The third-order valence-electron chi connectivity index (χ3n) is 8.09. The number of hydrogen-bond acceptors (Lipinski definition) is 6. The number of carbonyl (C=O) groups is 3. The maximum absolute atomic E-state index is 13.8. The molecular formula is C30H30N6O3. The topological polar surface area (TPSA) is 110 Å². The molecule has 4 heterocycles. The Kier molecular flexibility index (Phi) is 5.82. The SMILES string of the molecule is CC(=O)c1nn(CC(=O)N2[C@H](C(=O)Nc3nc(C)ccc3C)C[C@@]3(C)C[C@@H]23)c2ccc(-c3ccncc3)cc12. The molecule has 1 aliphatic carbocycles. The van der Waals surface area contributed by atoms with Crippen LogP contribution < -0.4 is 5.32 Å². The van der Waals surface area contributed by atoms with Gasteiger partial charge in [0.05, 0.1) is 5.52 Å². The van der Waals surface area contributed by atoms with E-state index in [-0.39, 0.29) is 35.6 Å². The average Bonchev–Trinajstić information content (AvgIpc) is 3.28. The van der Waals surface area contributed by atoms with Crippen molar-refractivity contribution in [1.29, 1.82) is 0 Å². The number of piperidine rings is 1. The summed E-state index contributed by atoms with van der Waals surface area (Å²) >= 11 is 0. The van der Waals surface area contributed by atoms with Crippen molar-refractivity contribution in [3.05, 3.63) is 71.8 Å². The molecule has 3 aromatic heterocycles. The molecule has 6 rings (SSSR count). The van der Waals surface area contributed by atoms with Crippen molar-refractivity contribution >= 4 is 34.3 Å². The summed E-state index contributed by atoms with van der Waals surface area (Å²) in [5, 5.41) is 8.19. The van der Waals surface area contributed by atoms with Gasteiger partial charge in [-0.25, -0.2) is 4.98 Å². The van der Waals surface area contributed by atoms with E-state index in [0.717, 1.165) is 28.8 Å². The first-order valence-corrected chi connectivity index (χ1v) is 13.1. The van der Waals surface area contributed by atoms with Gasteiger partial charge in [0.2, 0.25) is 11.8 Å². The Bertz CT molecular complexity index is 1650. The van der Waals surface area contributed by atoms with Crippen molar-refractivity contribution in [1.82, 2.24) is 24.6 Å². The van der Waals surface area contributed by atoms with Crippen LogP contribution in [0, 0.1) is 19.3 Å². The minimum Gasteiger partial charge on any atom is -0.325 e. The number of amides is 2. The van der Waals surface area contributed by atoms with E-state index in [1.807, 2.05) is 56.3 Å². The molecule has 9 nitrogen and oxygen atoms in total. The molecule has 1 aromatic carbocycles. The summed E-state index contributed by atoms with van der Waals surface area (Å²) in [5.41, 5.74) is 4.54. The van der Waals surface area contributed by atoms with Gasteiger partial charge in [-0.1, -0.05) is 19.1 Å². The van der Waals surface area contributed by atoms with E-state index >= 15 is 0 Å². The molecule has 39 heavy (non-hydrogen) atoms. The molecular weight excluding hydrogens is 492 g/mol. The number of Topliss-reactive ketones (excluding diaryl/α,β-unsaturated/α-hetero) is 1. The van der Waals surface area contributed by atoms with E-state index < -0.39 is 6.04 Å². The first-order chi connectivity index (χ1) is 18.6. The first-order valence-electron chi connectivity index (χ1n) is 13.1. The third kappa shape index (κ3) is 4.37. The summed E-state index contributed by atoms with van der Waals surface area (Å²) in [7, 11) is 0. The van der Waals surface area contributed by atoms with E-state index in [4.69, 9.17) is 0 Å². The predicted octanol–water partition coefficient (Wildman–Crippen LogP) is 4.33. The highest BCUT2D eigenvalue weighted by Gasteiger charge is 2.64. The fraction of sp³-hybridized carbons (Fsp3) is 0.333. The number of nitrogens with zero attached hydrogens (tertiary/aromatic N) is 5. The lowest BCUT2D eigenvalue weighted by Gasteiger charge is -2.27. The summed E-state index contributed by atoms with van der Waals surface area (Å²) in [5.74, 6) is -0.0673. The van der Waals surface area contributed by atoms with Gasteiger partial charge in [-0.3, -0.25) is 24.0 Å². The third-order valence-corrected chi connectivity index (χ3v) is 8.09. The zero-order valence-corrected chi connectivity index (χ0v) is 22.4. The van der Waals surface area contributed by atoms with Crippen LogP contribution in [0.4, 0.5) is 5.82 Å². The normalized spacial score (nSPS) is 21.6. The van der Waals surface area contributed by atoms with Crippen LogP contribution in [0.15, 0.2) is 54.9 Å². The number of nitrogens with one attached hydrogen (secondary N) is 1. The van der Waals surface area contributed by atoms with E-state index in [9.17, 15) is 14.4 Å². The van der Waals surface area contributed by atoms with Crippen LogP contribution in [0.5, 0.6) is 0 Å². The van der Waals surface area contributed by atoms with Gasteiger partial charge in [-0.15, -0.1) is 0 Å². The number of ketones is 1. The molecule has 2 fully saturated rings. The summed E-state index contributed by atoms with van der Waals surface area (Å²) < 4.78 is 1.59. The Hall–Kier alpha value is -4.40. The van der Waals surface area contributed by atoms with Gasteiger partial charge >= 0.3 is 0 Å². The largest absolute Gasteiger partial charge is 0.325 e. The minimum atomic E-state index is -0.588. The molecule has 1 N–H and O–H groups in total. The van der Waals surface area contributed by atoms with Crippen LogP contribution in [0.2, 0.25) is 0 Å². The molecule has 0 unspecified atom stereocenters. The molecule has 2 aliphatic rings. The number of fused-ring (bicyclic) bond motifs is 2. The first kappa shape index (κ1) is 24.9. The van der Waals surface area contributed by atoms with Crippen LogP contribution in [0.1, 0.15) is 48.4 Å². The smallest absolute Gasteiger partial charge is 0.248 e. The quantitative estimate of drug-likeness (QED) is 0.378. The van der Waals surface area contributed by atoms with Gasteiger partial charge in [0.15, 0.2) is 5.78 Å². The Morgan fingerprint density at radius 1 is 1.03 bits per heavy atom. The lowest BCUT2D eigenvalue weighted by molar-refractivity contribution is -0.138. The summed E-state index contributed by atoms with van der Waals surface area (Å²) in [6.45, 7) is 7.31. The zero-order valence-electron chi connectivity index (χ0n) is 22.4. The van der Waals surface area contributed by atoms with Crippen LogP contribution in [-0.4, -0.2) is 54.3 Å². The van der Waals surface area contributed by atoms with E-state index in [0.29, 0.717) is 28.8 Å². The lowest BCUT2D eigenvalue weighted by atomic mass is 10.0. The molecule has 9 heteroatoms. The molecule has 1 aliphatic heterocycles. The average molecular weight is 523 g/mol. The summed E-state index contributed by atoms with van der Waals surface area (Å²) in [6.07, 6.45) is 4.92. The fourth-order valence-corrected chi connectivity index (χ4v) is 5.81. The lowest BCUT2D eigenvalue weighted by Crippen LogP contribution is -2.47. The molecule has 3 atom stereocenters. The van der Waals surface area contributed by atoms with Gasteiger partial charge in [-0.2, -0.15) is 5.10 Å². The number of rotatable bonds is 6. The van der Waals surface area contributed by atoms with Crippen molar-refractivity contribution < 1.29 is 14.4 Å². The van der Waals surface area contributed by atoms with E-state index in [2.05, 4.69) is 27.3 Å². The molecule has 1 saturated heterocycles. The van der Waals surface area contributed by atoms with Gasteiger partial charge < -0.3 is 10.2 Å². The number of benzene rings is 1. The summed E-state index contributed by atoms with van der Waals surface area (Å²) in [4.78, 5) is 49.9. The number of aromatic nitrogens is 4. The Morgan fingerprint density at radius 3 is 2.54 bits per heavy atom. The molecule has 1 saturated carbocycles. The maximum Gasteiger partial charge on any atom is 0.248 e. The number of carbonyl (C=O) groups excluding carboxylic acids is 3. The molecule has 0 bridgehead atoms. The van der Waals surface area contributed by atoms with E-state index in [1.165, 1.54) is 6.92 Å². The number of likely N-dealkylation sites (tertiary alicyclic amines) is 1. The Labute approximate surface area is 226 Å². The highest BCUT2D eigenvalue weighted by atomic mass is 16.2. The maximum atomic E-state index is 13.8. The molecule has 198 valence electrons. The van der Waals surface area contributed by atoms with E-state index in [1.54, 1.807) is 22.0 Å². The molecule has 2 amide bonds. The monoisotopic (exact) mass is 522 g/mol. The number of pyridine rings is 2. The molecule has 0 spiro atoms. The second-order valence-electron chi connectivity index (χ2n) is 11.0. The number of aryl methyl sites for hydroxylation is 2. The predicted molar refractivity (Wildman–Crippen MR) is 147 cm³/mol. The van der Waals surface area contributed by atoms with Gasteiger partial charge in [0.1, 0.15) is 24.1 Å². The van der Waals surface area contributed by atoms with Crippen molar-refractivity contribution in [2.24, 2.45) is 5.41 Å². The minimum absolute atomic E-state index is 0.0136. The second-order valence-corrected chi connectivity index (χ2v) is 11.0. The van der Waals surface area contributed by atoms with Crippen LogP contribution in [0.25, 0.3) is 22.0 Å². The Morgan fingerprint density at radius 2 is 1.79 bits per heavy atom. The van der Waals surface area contributed by atoms with Crippen molar-refractivity contribution in [2.75, 3.05) is 5.32 Å².